The van der Waals surface area contributed by atoms with Crippen LogP contribution in [-0.4, -0.2) is 60.9 Å². The van der Waals surface area contributed by atoms with E-state index in [1.165, 1.54) is 25.0 Å². The minimum absolute atomic E-state index is 0.00143. The van der Waals surface area contributed by atoms with Crippen molar-refractivity contribution < 1.29 is 14.0 Å². The molecule has 3 rings (SSSR count). The van der Waals surface area contributed by atoms with Crippen LogP contribution in [0.2, 0.25) is 0 Å². The lowest BCUT2D eigenvalue weighted by Crippen LogP contribution is -2.39. The molecule has 2 atom stereocenters. The molecule has 0 bridgehead atoms. The molecule has 0 radical (unpaired) electrons. The summed E-state index contributed by atoms with van der Waals surface area (Å²) in [6.45, 7) is 6.78. The fourth-order valence-electron chi connectivity index (χ4n) is 4.29. The molecule has 2 saturated heterocycles. The van der Waals surface area contributed by atoms with Crippen LogP contribution >= 0.6 is 0 Å². The standard InChI is InChI=1S/C22H32FN3O2/c1-17(19-6-3-8-24-16-19)13-21(27)25-9-4-10-26(12-11-25)22(28)15-18-5-2-7-20(23)14-18/h2,5,7,14,17,19,24H,3-4,6,8-13,15-16H2,1H3. The van der Waals surface area contributed by atoms with Crippen LogP contribution in [0.25, 0.3) is 0 Å². The second kappa shape index (κ2) is 10.0. The van der Waals surface area contributed by atoms with E-state index in [0.29, 0.717) is 50.0 Å². The van der Waals surface area contributed by atoms with Crippen molar-refractivity contribution in [3.05, 3.63) is 35.6 Å². The van der Waals surface area contributed by atoms with E-state index in [2.05, 4.69) is 12.2 Å². The van der Waals surface area contributed by atoms with Crippen LogP contribution in [0.15, 0.2) is 24.3 Å². The summed E-state index contributed by atoms with van der Waals surface area (Å²) < 4.78 is 13.3. The average molecular weight is 390 g/mol. The van der Waals surface area contributed by atoms with Gasteiger partial charge < -0.3 is 15.1 Å². The fraction of sp³-hybridized carbons (Fsp3) is 0.636. The van der Waals surface area contributed by atoms with E-state index >= 15 is 0 Å². The van der Waals surface area contributed by atoms with E-state index in [-0.39, 0.29) is 24.1 Å². The topological polar surface area (TPSA) is 52.7 Å². The molecule has 2 amide bonds. The Kier molecular flexibility index (Phi) is 7.43. The molecule has 1 aromatic rings. The number of nitrogens with zero attached hydrogens (tertiary/aromatic N) is 2. The Labute approximate surface area is 167 Å². The van der Waals surface area contributed by atoms with Crippen LogP contribution in [0.4, 0.5) is 4.39 Å². The average Bonchev–Trinajstić information content (AvgIpc) is 2.95. The van der Waals surface area contributed by atoms with Gasteiger partial charge in [0, 0.05) is 32.6 Å². The predicted molar refractivity (Wildman–Crippen MR) is 107 cm³/mol. The Morgan fingerprint density at radius 2 is 1.89 bits per heavy atom. The Bertz CT molecular complexity index is 676. The first-order valence-electron chi connectivity index (χ1n) is 10.5. The third kappa shape index (κ3) is 5.77. The van der Waals surface area contributed by atoms with Gasteiger partial charge in [-0.1, -0.05) is 19.1 Å². The quantitative estimate of drug-likeness (QED) is 0.842. The number of carbonyl (C=O) groups is 2. The van der Waals surface area contributed by atoms with Gasteiger partial charge in [-0.05, 0) is 61.9 Å². The van der Waals surface area contributed by atoms with Gasteiger partial charge in [0.25, 0.3) is 0 Å². The Morgan fingerprint density at radius 1 is 1.14 bits per heavy atom. The summed E-state index contributed by atoms with van der Waals surface area (Å²) in [5.41, 5.74) is 0.692. The molecule has 2 aliphatic rings. The molecule has 2 unspecified atom stereocenters. The van der Waals surface area contributed by atoms with Gasteiger partial charge in [-0.3, -0.25) is 9.59 Å². The van der Waals surface area contributed by atoms with Gasteiger partial charge in [0.05, 0.1) is 6.42 Å². The van der Waals surface area contributed by atoms with Gasteiger partial charge >= 0.3 is 0 Å². The first-order valence-corrected chi connectivity index (χ1v) is 10.5. The molecule has 0 spiro atoms. The maximum absolute atomic E-state index is 13.3. The lowest BCUT2D eigenvalue weighted by Gasteiger charge is -2.30. The fourth-order valence-corrected chi connectivity index (χ4v) is 4.29. The number of piperidine rings is 1. The number of benzene rings is 1. The summed E-state index contributed by atoms with van der Waals surface area (Å²) in [5.74, 6) is 0.850. The van der Waals surface area contributed by atoms with Gasteiger partial charge in [-0.2, -0.15) is 0 Å². The number of hydrogen-bond acceptors (Lipinski definition) is 3. The van der Waals surface area contributed by atoms with Gasteiger partial charge in [0.2, 0.25) is 11.8 Å². The zero-order chi connectivity index (χ0) is 19.9. The molecule has 0 aromatic heterocycles. The summed E-state index contributed by atoms with van der Waals surface area (Å²) in [6, 6.07) is 6.20. The molecular formula is C22H32FN3O2. The molecule has 28 heavy (non-hydrogen) atoms. The minimum atomic E-state index is -0.319. The smallest absolute Gasteiger partial charge is 0.227 e. The molecule has 2 aliphatic heterocycles. The molecule has 0 aliphatic carbocycles. The van der Waals surface area contributed by atoms with Gasteiger partial charge in [0.15, 0.2) is 0 Å². The first kappa shape index (κ1) is 20.8. The van der Waals surface area contributed by atoms with E-state index in [1.54, 1.807) is 12.1 Å². The number of halogens is 1. The van der Waals surface area contributed by atoms with Crippen LogP contribution in [0.3, 0.4) is 0 Å². The second-order valence-electron chi connectivity index (χ2n) is 8.21. The molecular weight excluding hydrogens is 357 g/mol. The molecule has 2 heterocycles. The van der Waals surface area contributed by atoms with E-state index in [0.717, 1.165) is 19.5 Å². The summed E-state index contributed by atoms with van der Waals surface area (Å²) in [4.78, 5) is 29.1. The van der Waals surface area contributed by atoms with E-state index in [4.69, 9.17) is 0 Å². The molecule has 5 nitrogen and oxygen atoms in total. The van der Waals surface area contributed by atoms with Crippen molar-refractivity contribution in [1.29, 1.82) is 0 Å². The van der Waals surface area contributed by atoms with E-state index < -0.39 is 0 Å². The van der Waals surface area contributed by atoms with Crippen LogP contribution < -0.4 is 5.32 Å². The lowest BCUT2D eigenvalue weighted by atomic mass is 9.85. The third-order valence-corrected chi connectivity index (χ3v) is 6.08. The minimum Gasteiger partial charge on any atom is -0.341 e. The predicted octanol–water partition coefficient (Wildman–Crippen LogP) is 2.45. The van der Waals surface area contributed by atoms with Crippen molar-refractivity contribution in [2.75, 3.05) is 39.3 Å². The first-order chi connectivity index (χ1) is 13.5. The van der Waals surface area contributed by atoms with Crippen LogP contribution in [0.1, 0.15) is 38.2 Å². The van der Waals surface area contributed by atoms with Crippen molar-refractivity contribution in [2.24, 2.45) is 11.8 Å². The summed E-state index contributed by atoms with van der Waals surface area (Å²) in [7, 11) is 0. The second-order valence-corrected chi connectivity index (χ2v) is 8.21. The number of amides is 2. The molecule has 1 N–H and O–H groups in total. The van der Waals surface area contributed by atoms with E-state index in [9.17, 15) is 14.0 Å². The van der Waals surface area contributed by atoms with Crippen molar-refractivity contribution in [3.8, 4) is 0 Å². The van der Waals surface area contributed by atoms with Gasteiger partial charge in [0.1, 0.15) is 5.82 Å². The maximum Gasteiger partial charge on any atom is 0.227 e. The largest absolute Gasteiger partial charge is 0.341 e. The number of hydrogen-bond donors (Lipinski definition) is 1. The van der Waals surface area contributed by atoms with Gasteiger partial charge in [-0.15, -0.1) is 0 Å². The molecule has 0 saturated carbocycles. The van der Waals surface area contributed by atoms with Crippen LogP contribution in [0.5, 0.6) is 0 Å². The third-order valence-electron chi connectivity index (χ3n) is 6.08. The summed E-state index contributed by atoms with van der Waals surface area (Å²) >= 11 is 0. The highest BCUT2D eigenvalue weighted by molar-refractivity contribution is 5.79. The summed E-state index contributed by atoms with van der Waals surface area (Å²) in [5, 5.41) is 3.43. The Hall–Kier alpha value is -1.95. The Morgan fingerprint density at radius 3 is 2.57 bits per heavy atom. The molecule has 1 aromatic carbocycles. The van der Waals surface area contributed by atoms with Crippen molar-refractivity contribution in [3.63, 3.8) is 0 Å². The monoisotopic (exact) mass is 389 g/mol. The van der Waals surface area contributed by atoms with Crippen molar-refractivity contribution >= 4 is 11.8 Å². The van der Waals surface area contributed by atoms with Crippen molar-refractivity contribution in [2.45, 2.75) is 39.0 Å². The highest BCUT2D eigenvalue weighted by atomic mass is 19.1. The normalized spacial score (nSPS) is 21.9. The van der Waals surface area contributed by atoms with Gasteiger partial charge in [-0.25, -0.2) is 4.39 Å². The number of rotatable bonds is 5. The molecule has 154 valence electrons. The highest BCUT2D eigenvalue weighted by Crippen LogP contribution is 2.23. The zero-order valence-corrected chi connectivity index (χ0v) is 16.8. The number of nitrogens with one attached hydrogen (secondary N) is 1. The van der Waals surface area contributed by atoms with Crippen LogP contribution in [0, 0.1) is 17.7 Å². The highest BCUT2D eigenvalue weighted by Gasteiger charge is 2.26. The maximum atomic E-state index is 13.3. The Balaban J connectivity index is 1.48. The molecule has 2 fully saturated rings. The lowest BCUT2D eigenvalue weighted by molar-refractivity contribution is -0.134. The SMILES string of the molecule is CC(CC(=O)N1CCCN(C(=O)Cc2cccc(F)c2)CC1)C1CCCNC1. The summed E-state index contributed by atoms with van der Waals surface area (Å²) in [6.07, 6.45) is 3.97. The van der Waals surface area contributed by atoms with Crippen molar-refractivity contribution in [1.82, 2.24) is 15.1 Å². The zero-order valence-electron chi connectivity index (χ0n) is 16.8. The number of carbonyl (C=O) groups excluding carboxylic acids is 2. The molecule has 6 heteroatoms. The van der Waals surface area contributed by atoms with Crippen LogP contribution in [-0.2, 0) is 16.0 Å². The van der Waals surface area contributed by atoms with E-state index in [1.807, 2.05) is 9.80 Å².